The lowest BCUT2D eigenvalue weighted by molar-refractivity contribution is -0.658. The molecule has 2 aromatic heterocycles. The number of nitrogens with two attached hydrogens (primary N) is 1. The number of thiazole rings is 1. The van der Waals surface area contributed by atoms with E-state index in [1.807, 2.05) is 36.0 Å². The van der Waals surface area contributed by atoms with Gasteiger partial charge in [0.2, 0.25) is 0 Å². The number of carboxylic acid groups (broad SMARTS) is 1. The topological polar surface area (TPSA) is 182 Å². The Balaban J connectivity index is 1.36. The highest BCUT2D eigenvalue weighted by molar-refractivity contribution is 7.13. The number of rotatable bonds is 6. The second kappa shape index (κ2) is 9.70. The molecule has 13 nitrogen and oxygen atoms in total. The van der Waals surface area contributed by atoms with Crippen molar-refractivity contribution < 1.29 is 34.1 Å². The molecular weight excluding hydrogens is 514 g/mol. The number of allylic oxidation sites excluding steroid dienone is 2. The number of carbonyl (C=O) groups is 4. The van der Waals surface area contributed by atoms with Crippen molar-refractivity contribution in [2.45, 2.75) is 31.3 Å². The van der Waals surface area contributed by atoms with Gasteiger partial charge in [0.15, 0.2) is 10.8 Å². The van der Waals surface area contributed by atoms with Crippen LogP contribution in [0.1, 0.15) is 25.0 Å². The van der Waals surface area contributed by atoms with Crippen LogP contribution in [0.4, 0.5) is 10.9 Å². The Morgan fingerprint density at radius 1 is 1.32 bits per heavy atom. The third-order valence-electron chi connectivity index (χ3n) is 6.82. The van der Waals surface area contributed by atoms with Crippen LogP contribution in [-0.2, 0) is 26.2 Å². The number of nitrogens with zero attached hydrogens (tertiary/aromatic N) is 5. The zero-order valence-corrected chi connectivity index (χ0v) is 21.0. The minimum Gasteiger partial charge on any atom is -0.477 e. The van der Waals surface area contributed by atoms with Crippen molar-refractivity contribution in [3.05, 3.63) is 58.4 Å². The van der Waals surface area contributed by atoms with Gasteiger partial charge >= 0.3 is 11.9 Å². The molecule has 0 radical (unpaired) electrons. The number of pyridine rings is 1. The van der Waals surface area contributed by atoms with Gasteiger partial charge in [-0.3, -0.25) is 14.5 Å². The van der Waals surface area contributed by atoms with E-state index in [0.717, 1.165) is 22.1 Å². The van der Waals surface area contributed by atoms with Gasteiger partial charge in [0, 0.05) is 23.4 Å². The molecule has 2 aromatic rings. The van der Waals surface area contributed by atoms with Crippen LogP contribution in [0.5, 0.6) is 0 Å². The number of amides is 3. The van der Waals surface area contributed by atoms with Crippen LogP contribution in [0.25, 0.3) is 0 Å². The number of hydrogen-bond donors (Lipinski definition) is 4. The van der Waals surface area contributed by atoms with Crippen molar-refractivity contribution >= 4 is 51.7 Å². The zero-order valence-electron chi connectivity index (χ0n) is 20.2. The van der Waals surface area contributed by atoms with E-state index in [4.69, 9.17) is 5.73 Å². The van der Waals surface area contributed by atoms with E-state index in [2.05, 4.69) is 15.5 Å². The highest BCUT2D eigenvalue weighted by Crippen LogP contribution is 2.38. The van der Waals surface area contributed by atoms with Crippen LogP contribution in [0.15, 0.2) is 57.9 Å². The van der Waals surface area contributed by atoms with E-state index < -0.39 is 35.6 Å². The maximum Gasteiger partial charge on any atom is 0.352 e. The monoisotopic (exact) mass is 538 g/mol. The molecule has 0 aromatic carbocycles. The van der Waals surface area contributed by atoms with E-state index in [-0.39, 0.29) is 22.4 Å². The third kappa shape index (κ3) is 4.18. The number of aromatic nitrogens is 2. The van der Waals surface area contributed by atoms with Gasteiger partial charge in [0.05, 0.1) is 25.8 Å². The molecule has 5 heterocycles. The number of oxime groups is 1. The van der Waals surface area contributed by atoms with Crippen molar-refractivity contribution in [3.63, 3.8) is 0 Å². The maximum atomic E-state index is 13.1. The molecular formula is C24H24N7O6S+. The SMILES string of the molecule is C[n+]1ccccc1N1CC/C(=C\C2=C(C(=O)O)N3C(=O)[C@@H](NC(=O)/C(=N\O)c4csc(N)n4)[C@H]3CC2)C1=O. The first-order chi connectivity index (χ1) is 18.2. The number of carbonyl (C=O) groups excluding carboxylic acids is 3. The highest BCUT2D eigenvalue weighted by atomic mass is 32.1. The average Bonchev–Trinajstić information content (AvgIpc) is 3.48. The molecule has 0 aliphatic carbocycles. The zero-order chi connectivity index (χ0) is 27.1. The summed E-state index contributed by atoms with van der Waals surface area (Å²) in [5.74, 6) is -2.24. The van der Waals surface area contributed by atoms with Crippen LogP contribution >= 0.6 is 11.3 Å². The lowest BCUT2D eigenvalue weighted by Gasteiger charge is -2.50. The van der Waals surface area contributed by atoms with Gasteiger partial charge in [-0.15, -0.1) is 11.3 Å². The summed E-state index contributed by atoms with van der Waals surface area (Å²) in [6.07, 6.45) is 4.51. The number of nitrogen functional groups attached to an aromatic ring is 1. The van der Waals surface area contributed by atoms with Crippen molar-refractivity contribution in [3.8, 4) is 0 Å². The van der Waals surface area contributed by atoms with Crippen molar-refractivity contribution in [2.24, 2.45) is 12.2 Å². The molecule has 14 heteroatoms. The first kappa shape index (κ1) is 25.1. The summed E-state index contributed by atoms with van der Waals surface area (Å²) in [5.41, 5.74) is 5.86. The minimum atomic E-state index is -1.30. The molecule has 2 fully saturated rings. The normalized spacial score (nSPS) is 22.6. The molecule has 38 heavy (non-hydrogen) atoms. The Morgan fingerprint density at radius 3 is 2.76 bits per heavy atom. The first-order valence-electron chi connectivity index (χ1n) is 11.7. The summed E-state index contributed by atoms with van der Waals surface area (Å²) in [7, 11) is 1.84. The molecule has 3 aliphatic rings. The van der Waals surface area contributed by atoms with E-state index in [9.17, 15) is 29.5 Å². The fourth-order valence-electron chi connectivity index (χ4n) is 5.02. The number of anilines is 2. The number of nitrogens with one attached hydrogen (secondary N) is 1. The van der Waals surface area contributed by atoms with Crippen molar-refractivity contribution in [1.82, 2.24) is 15.2 Å². The number of fused-ring (bicyclic) bond motifs is 1. The van der Waals surface area contributed by atoms with E-state index in [1.165, 1.54) is 5.38 Å². The predicted molar refractivity (Wildman–Crippen MR) is 134 cm³/mol. The number of aryl methyl sites for hydroxylation is 1. The summed E-state index contributed by atoms with van der Waals surface area (Å²) >= 11 is 1.05. The standard InChI is InChI=1S/C24H23N7O6S/c1-29-8-3-2-4-16(29)30-9-7-13(21(30)33)10-12-5-6-15-18(22(34)31(15)19(12)23(35)36)27-20(32)17(28-37)14-11-38-24(25)26-14/h2-4,8,10-11,15,18H,5-7,9H2,1H3,(H4-,25,26,27,32,35,36,37)/p+1/b13-10+/t15-,18+/m1/s1. The molecule has 2 saturated heterocycles. The summed E-state index contributed by atoms with van der Waals surface area (Å²) in [4.78, 5) is 57.7. The smallest absolute Gasteiger partial charge is 0.352 e. The molecule has 5 N–H and O–H groups in total. The summed E-state index contributed by atoms with van der Waals surface area (Å²) in [6, 6.07) is 3.93. The van der Waals surface area contributed by atoms with E-state index >= 15 is 0 Å². The van der Waals surface area contributed by atoms with Crippen LogP contribution < -0.4 is 20.5 Å². The van der Waals surface area contributed by atoms with Gasteiger partial charge in [0.25, 0.3) is 17.6 Å². The van der Waals surface area contributed by atoms with E-state index in [0.29, 0.717) is 37.0 Å². The largest absolute Gasteiger partial charge is 0.477 e. The first-order valence-corrected chi connectivity index (χ1v) is 12.6. The number of β-lactam (4-membered cyclic amide) rings is 1. The van der Waals surface area contributed by atoms with Gasteiger partial charge in [-0.2, -0.15) is 4.90 Å². The molecule has 0 saturated carbocycles. The van der Waals surface area contributed by atoms with Gasteiger partial charge < -0.3 is 21.4 Å². The Morgan fingerprint density at radius 2 is 2.11 bits per heavy atom. The molecule has 2 atom stereocenters. The fourth-order valence-corrected chi connectivity index (χ4v) is 5.57. The second-order valence-corrected chi connectivity index (χ2v) is 9.90. The Bertz CT molecular complexity index is 1460. The Hall–Kier alpha value is -4.59. The van der Waals surface area contributed by atoms with Gasteiger partial charge in [-0.25, -0.2) is 19.1 Å². The lowest BCUT2D eigenvalue weighted by atomic mass is 9.82. The fraction of sp³-hybridized carbons (Fsp3) is 0.292. The van der Waals surface area contributed by atoms with E-state index in [1.54, 1.807) is 11.0 Å². The molecule has 0 spiro atoms. The Labute approximate surface area is 220 Å². The quantitative estimate of drug-likeness (QED) is 0.0983. The summed E-state index contributed by atoms with van der Waals surface area (Å²) in [5, 5.41) is 26.4. The third-order valence-corrected chi connectivity index (χ3v) is 7.49. The Kier molecular flexibility index (Phi) is 6.40. The van der Waals surface area contributed by atoms with Gasteiger partial charge in [-0.1, -0.05) is 11.2 Å². The van der Waals surface area contributed by atoms with Crippen LogP contribution in [0.3, 0.4) is 0 Å². The summed E-state index contributed by atoms with van der Waals surface area (Å²) < 4.78 is 1.83. The summed E-state index contributed by atoms with van der Waals surface area (Å²) in [6.45, 7) is 0.455. The van der Waals surface area contributed by atoms with Gasteiger partial charge in [0.1, 0.15) is 17.4 Å². The maximum absolute atomic E-state index is 13.1. The molecule has 3 amide bonds. The number of carboxylic acids is 1. The van der Waals surface area contributed by atoms with Crippen molar-refractivity contribution in [1.29, 1.82) is 0 Å². The second-order valence-electron chi connectivity index (χ2n) is 9.01. The molecule has 0 unspecified atom stereocenters. The van der Waals surface area contributed by atoms with Crippen LogP contribution in [0.2, 0.25) is 0 Å². The number of aliphatic carboxylic acids is 1. The molecule has 0 bridgehead atoms. The average molecular weight is 539 g/mol. The molecule has 3 aliphatic heterocycles. The minimum absolute atomic E-state index is 0.0548. The molecule has 5 rings (SSSR count). The number of hydrogen-bond acceptors (Lipinski definition) is 9. The van der Waals surface area contributed by atoms with Crippen molar-refractivity contribution in [2.75, 3.05) is 17.2 Å². The van der Waals surface area contributed by atoms with Gasteiger partial charge in [-0.05, 0) is 30.6 Å². The highest BCUT2D eigenvalue weighted by Gasteiger charge is 2.53. The molecule has 196 valence electrons. The van der Waals surface area contributed by atoms with Crippen LogP contribution in [-0.4, -0.2) is 68.2 Å². The predicted octanol–water partition coefficient (Wildman–Crippen LogP) is -0.0805. The van der Waals surface area contributed by atoms with Crippen LogP contribution in [0, 0.1) is 0 Å². The lowest BCUT2D eigenvalue weighted by Crippen LogP contribution is -2.72.